The molecule has 0 unspecified atom stereocenters. The van der Waals surface area contributed by atoms with Crippen LogP contribution in [0.2, 0.25) is 0 Å². The van der Waals surface area contributed by atoms with Crippen molar-refractivity contribution >= 4 is 17.4 Å². The van der Waals surface area contributed by atoms with Crippen LogP contribution in [0.15, 0.2) is 42.6 Å². The summed E-state index contributed by atoms with van der Waals surface area (Å²) in [5, 5.41) is 1.06. The lowest BCUT2D eigenvalue weighted by Crippen LogP contribution is -1.67. The van der Waals surface area contributed by atoms with E-state index in [0.29, 0.717) is 0 Å². The molecule has 70 valence electrons. The predicted molar refractivity (Wildman–Crippen MR) is 62.3 cm³/mol. The summed E-state index contributed by atoms with van der Waals surface area (Å²) in [6.45, 7) is 2.00. The minimum absolute atomic E-state index is 1.06. The third kappa shape index (κ3) is 1.91. The van der Waals surface area contributed by atoms with Crippen LogP contribution in [0.3, 0.4) is 0 Å². The summed E-state index contributed by atoms with van der Waals surface area (Å²) in [4.78, 5) is 5.54. The van der Waals surface area contributed by atoms with Crippen molar-refractivity contribution in [2.75, 3.05) is 0 Å². The monoisotopic (exact) mass is 201 g/mol. The molecule has 0 aliphatic rings. The molecule has 0 N–H and O–H groups in total. The van der Waals surface area contributed by atoms with Crippen molar-refractivity contribution in [1.82, 2.24) is 4.98 Å². The van der Waals surface area contributed by atoms with Crippen molar-refractivity contribution in [2.24, 2.45) is 0 Å². The third-order valence-corrected chi connectivity index (χ3v) is 2.90. The zero-order valence-electron chi connectivity index (χ0n) is 7.97. The number of hydrogen-bond acceptors (Lipinski definition) is 2. The summed E-state index contributed by atoms with van der Waals surface area (Å²) in [7, 11) is 0. The van der Waals surface area contributed by atoms with Crippen molar-refractivity contribution < 1.29 is 0 Å². The summed E-state index contributed by atoms with van der Waals surface area (Å²) in [6.07, 6.45) is 5.96. The molecule has 0 spiro atoms. The molecule has 2 heteroatoms. The van der Waals surface area contributed by atoms with E-state index in [1.807, 2.05) is 43.5 Å². The Kier molecular flexibility index (Phi) is 2.75. The van der Waals surface area contributed by atoms with Crippen LogP contribution in [0.1, 0.15) is 11.9 Å². The molecule has 0 bridgehead atoms. The Labute approximate surface area is 87.8 Å². The topological polar surface area (TPSA) is 12.9 Å². The van der Waals surface area contributed by atoms with E-state index < -0.39 is 0 Å². The van der Waals surface area contributed by atoms with Gasteiger partial charge in [0.25, 0.3) is 0 Å². The molecule has 2 rings (SSSR count). The Morgan fingerprint density at radius 3 is 2.71 bits per heavy atom. The number of thiazole rings is 1. The largest absolute Gasteiger partial charge is 0.245 e. The first kappa shape index (κ1) is 9.16. The second-order valence-corrected chi connectivity index (χ2v) is 3.99. The van der Waals surface area contributed by atoms with Crippen LogP contribution in [0, 0.1) is 0 Å². The van der Waals surface area contributed by atoms with E-state index in [0.717, 1.165) is 5.01 Å². The van der Waals surface area contributed by atoms with Crippen molar-refractivity contribution in [3.8, 4) is 10.4 Å². The highest BCUT2D eigenvalue weighted by Crippen LogP contribution is 2.26. The Morgan fingerprint density at radius 1 is 1.21 bits per heavy atom. The first-order valence-electron chi connectivity index (χ1n) is 4.54. The molecule has 0 aliphatic heterocycles. The van der Waals surface area contributed by atoms with E-state index in [2.05, 4.69) is 17.1 Å². The summed E-state index contributed by atoms with van der Waals surface area (Å²) >= 11 is 1.71. The van der Waals surface area contributed by atoms with Crippen LogP contribution in [-0.4, -0.2) is 4.98 Å². The number of allylic oxidation sites excluding steroid dienone is 1. The zero-order valence-corrected chi connectivity index (χ0v) is 8.79. The Bertz CT molecular complexity index is 429. The fourth-order valence-electron chi connectivity index (χ4n) is 1.24. The van der Waals surface area contributed by atoms with Gasteiger partial charge in [-0.2, -0.15) is 0 Å². The highest BCUT2D eigenvalue weighted by Gasteiger charge is 2.00. The summed E-state index contributed by atoms with van der Waals surface area (Å²) in [5.74, 6) is 0. The number of benzene rings is 1. The van der Waals surface area contributed by atoms with E-state index in [1.165, 1.54) is 10.4 Å². The smallest absolute Gasteiger partial charge is 0.116 e. The van der Waals surface area contributed by atoms with Crippen molar-refractivity contribution in [3.63, 3.8) is 0 Å². The van der Waals surface area contributed by atoms with E-state index >= 15 is 0 Å². The van der Waals surface area contributed by atoms with Gasteiger partial charge in [-0.15, -0.1) is 11.3 Å². The summed E-state index contributed by atoms with van der Waals surface area (Å²) < 4.78 is 0. The fraction of sp³-hybridized carbons (Fsp3) is 0.0833. The van der Waals surface area contributed by atoms with Crippen molar-refractivity contribution in [3.05, 3.63) is 47.6 Å². The minimum Gasteiger partial charge on any atom is -0.245 e. The molecule has 0 aliphatic carbocycles. The van der Waals surface area contributed by atoms with Gasteiger partial charge in [0.15, 0.2) is 0 Å². The fourth-order valence-corrected chi connectivity index (χ4v) is 2.14. The van der Waals surface area contributed by atoms with Crippen LogP contribution in [-0.2, 0) is 0 Å². The Balaban J connectivity index is 2.34. The standard InChI is InChI=1S/C12H11NS/c1-2-6-12-13-9-11(14-12)10-7-4-3-5-8-10/h2-9H,1H3/b6-2+. The molecule has 0 saturated carbocycles. The molecule has 14 heavy (non-hydrogen) atoms. The normalized spacial score (nSPS) is 10.9. The highest BCUT2D eigenvalue weighted by molar-refractivity contribution is 7.15. The minimum atomic E-state index is 1.06. The second-order valence-electron chi connectivity index (χ2n) is 2.93. The Morgan fingerprint density at radius 2 is 2.00 bits per heavy atom. The van der Waals surface area contributed by atoms with E-state index in [-0.39, 0.29) is 0 Å². The quantitative estimate of drug-likeness (QED) is 0.719. The van der Waals surface area contributed by atoms with Crippen LogP contribution in [0.5, 0.6) is 0 Å². The number of hydrogen-bond donors (Lipinski definition) is 0. The Hall–Kier alpha value is -1.41. The number of aromatic nitrogens is 1. The maximum absolute atomic E-state index is 4.31. The van der Waals surface area contributed by atoms with E-state index in [9.17, 15) is 0 Å². The summed E-state index contributed by atoms with van der Waals surface area (Å²) in [6, 6.07) is 10.3. The average Bonchev–Trinajstić information content (AvgIpc) is 2.68. The van der Waals surface area contributed by atoms with Crippen LogP contribution >= 0.6 is 11.3 Å². The number of rotatable bonds is 2. The molecule has 1 aromatic heterocycles. The molecular weight excluding hydrogens is 190 g/mol. The summed E-state index contributed by atoms with van der Waals surface area (Å²) in [5.41, 5.74) is 1.24. The molecule has 2 aromatic rings. The van der Waals surface area contributed by atoms with Gasteiger partial charge < -0.3 is 0 Å². The molecule has 0 saturated heterocycles. The molecule has 1 nitrogen and oxygen atoms in total. The van der Waals surface area contributed by atoms with Gasteiger partial charge in [0.05, 0.1) is 4.88 Å². The number of nitrogens with zero attached hydrogens (tertiary/aromatic N) is 1. The van der Waals surface area contributed by atoms with Gasteiger partial charge in [0.1, 0.15) is 5.01 Å². The molecule has 1 aromatic carbocycles. The lowest BCUT2D eigenvalue weighted by Gasteiger charge is -1.92. The van der Waals surface area contributed by atoms with Gasteiger partial charge in [0.2, 0.25) is 0 Å². The molecule has 0 fully saturated rings. The van der Waals surface area contributed by atoms with Crippen LogP contribution in [0.4, 0.5) is 0 Å². The van der Waals surface area contributed by atoms with Gasteiger partial charge in [-0.25, -0.2) is 4.98 Å². The van der Waals surface area contributed by atoms with Gasteiger partial charge in [0, 0.05) is 6.20 Å². The SMILES string of the molecule is C/C=C/c1ncc(-c2ccccc2)s1. The van der Waals surface area contributed by atoms with Crippen molar-refractivity contribution in [1.29, 1.82) is 0 Å². The van der Waals surface area contributed by atoms with Gasteiger partial charge >= 0.3 is 0 Å². The van der Waals surface area contributed by atoms with Crippen LogP contribution < -0.4 is 0 Å². The highest BCUT2D eigenvalue weighted by atomic mass is 32.1. The maximum atomic E-state index is 4.31. The van der Waals surface area contributed by atoms with Crippen molar-refractivity contribution in [2.45, 2.75) is 6.92 Å². The maximum Gasteiger partial charge on any atom is 0.116 e. The molecule has 0 radical (unpaired) electrons. The zero-order chi connectivity index (χ0) is 9.80. The molecular formula is C12H11NS. The van der Waals surface area contributed by atoms with E-state index in [1.54, 1.807) is 11.3 Å². The second kappa shape index (κ2) is 4.20. The molecule has 0 amide bonds. The van der Waals surface area contributed by atoms with Gasteiger partial charge in [-0.3, -0.25) is 0 Å². The first-order valence-corrected chi connectivity index (χ1v) is 5.36. The lowest BCUT2D eigenvalue weighted by molar-refractivity contribution is 1.39. The predicted octanol–water partition coefficient (Wildman–Crippen LogP) is 3.84. The van der Waals surface area contributed by atoms with Gasteiger partial charge in [-0.05, 0) is 18.6 Å². The third-order valence-electron chi connectivity index (χ3n) is 1.89. The molecule has 0 atom stereocenters. The molecule has 1 heterocycles. The lowest BCUT2D eigenvalue weighted by atomic mass is 10.2. The van der Waals surface area contributed by atoms with Gasteiger partial charge in [-0.1, -0.05) is 36.4 Å². The first-order chi connectivity index (χ1) is 6.90. The average molecular weight is 201 g/mol. The van der Waals surface area contributed by atoms with Crippen LogP contribution in [0.25, 0.3) is 16.5 Å². The van der Waals surface area contributed by atoms with E-state index in [4.69, 9.17) is 0 Å².